The van der Waals surface area contributed by atoms with E-state index in [0.717, 1.165) is 10.9 Å². The number of hydrogen-bond donors (Lipinski definition) is 4. The van der Waals surface area contributed by atoms with Crippen LogP contribution >= 0.6 is 11.6 Å². The molecule has 12 nitrogen and oxygen atoms in total. The molecule has 2 aromatic heterocycles. The second kappa shape index (κ2) is 7.43. The fourth-order valence-corrected chi connectivity index (χ4v) is 2.96. The third-order valence-corrected chi connectivity index (χ3v) is 4.37. The summed E-state index contributed by atoms with van der Waals surface area (Å²) in [5, 5.41) is 27.8. The van der Waals surface area contributed by atoms with Crippen molar-refractivity contribution in [3.8, 4) is 0 Å². The van der Waals surface area contributed by atoms with Crippen molar-refractivity contribution in [2.45, 2.75) is 30.5 Å². The number of carboxylic acids is 2. The molecular weight excluding hydrogens is 405 g/mol. The van der Waals surface area contributed by atoms with Gasteiger partial charge >= 0.3 is 11.9 Å². The van der Waals surface area contributed by atoms with Gasteiger partial charge in [-0.05, 0) is 11.6 Å². The van der Waals surface area contributed by atoms with Crippen LogP contribution in [0.4, 0.5) is 10.2 Å². The van der Waals surface area contributed by atoms with Crippen LogP contribution in [0.2, 0.25) is 5.28 Å². The fraction of sp³-hybridized carbons (Fsp3) is 0.500. The van der Waals surface area contributed by atoms with Gasteiger partial charge in [0.25, 0.3) is 0 Å². The number of fused-ring (bicyclic) bond motifs is 1. The molecule has 0 bridgehead atoms. The molecule has 5 N–H and O–H groups in total. The average molecular weight is 420 g/mol. The van der Waals surface area contributed by atoms with Crippen LogP contribution in [0.25, 0.3) is 11.2 Å². The van der Waals surface area contributed by atoms with Crippen molar-refractivity contribution >= 4 is 40.5 Å². The Kier molecular flexibility index (Phi) is 5.34. The van der Waals surface area contributed by atoms with Gasteiger partial charge in [0.15, 0.2) is 17.6 Å². The number of aliphatic hydroxyl groups excluding tert-OH is 1. The smallest absolute Gasteiger partial charge is 0.333 e. The highest BCUT2D eigenvalue weighted by atomic mass is 35.5. The number of alkyl halides is 1. The minimum Gasteiger partial charge on any atom is -0.481 e. The average Bonchev–Trinajstić information content (AvgIpc) is 3.15. The first-order valence-electron chi connectivity index (χ1n) is 7.84. The lowest BCUT2D eigenvalue weighted by atomic mass is 10.1. The number of rotatable bonds is 7. The number of nitrogens with two attached hydrogens (primary N) is 1. The van der Waals surface area contributed by atoms with Crippen molar-refractivity contribution in [2.24, 2.45) is 0 Å². The van der Waals surface area contributed by atoms with E-state index in [1.54, 1.807) is 0 Å². The molecular formula is C14H15ClFN5O7. The summed E-state index contributed by atoms with van der Waals surface area (Å²) in [4.78, 5) is 33.2. The zero-order valence-electron chi connectivity index (χ0n) is 14.0. The van der Waals surface area contributed by atoms with Crippen LogP contribution in [0.5, 0.6) is 0 Å². The minimum absolute atomic E-state index is 0.0701. The van der Waals surface area contributed by atoms with Gasteiger partial charge in [0.1, 0.15) is 24.3 Å². The van der Waals surface area contributed by atoms with Crippen LogP contribution in [-0.2, 0) is 24.9 Å². The van der Waals surface area contributed by atoms with Crippen LogP contribution in [0.3, 0.4) is 0 Å². The van der Waals surface area contributed by atoms with Crippen molar-refractivity contribution in [1.29, 1.82) is 0 Å². The quantitative estimate of drug-likeness (QED) is 0.420. The van der Waals surface area contributed by atoms with E-state index in [2.05, 4.69) is 15.0 Å². The van der Waals surface area contributed by atoms with Gasteiger partial charge in [0.05, 0.1) is 19.4 Å². The van der Waals surface area contributed by atoms with Gasteiger partial charge in [-0.3, -0.25) is 9.36 Å². The third kappa shape index (κ3) is 3.56. The summed E-state index contributed by atoms with van der Waals surface area (Å²) in [5.41, 5.74) is 5.67. The SMILES string of the molecule is Nc1nc(Cl)nc2c1ncn2[C@@]1(F)CO[C@H](COC(CC(=O)O)C(=O)O)[C@H]1O. The van der Waals surface area contributed by atoms with Gasteiger partial charge in [-0.25, -0.2) is 14.2 Å². The van der Waals surface area contributed by atoms with E-state index in [-0.39, 0.29) is 22.3 Å². The molecule has 152 valence electrons. The third-order valence-electron chi connectivity index (χ3n) is 4.20. The predicted octanol–water partition coefficient (Wildman–Crippen LogP) is -0.612. The van der Waals surface area contributed by atoms with Crippen LogP contribution in [0, 0.1) is 0 Å². The Morgan fingerprint density at radius 3 is 2.86 bits per heavy atom. The van der Waals surface area contributed by atoms with Gasteiger partial charge in [-0.1, -0.05) is 0 Å². The Hall–Kier alpha value is -2.61. The summed E-state index contributed by atoms with van der Waals surface area (Å²) in [6, 6.07) is 0. The Morgan fingerprint density at radius 1 is 1.50 bits per heavy atom. The second-order valence-electron chi connectivity index (χ2n) is 6.04. The topological polar surface area (TPSA) is 183 Å². The van der Waals surface area contributed by atoms with Gasteiger partial charge < -0.3 is 30.5 Å². The Balaban J connectivity index is 1.80. The Bertz CT molecular complexity index is 927. The summed E-state index contributed by atoms with van der Waals surface area (Å²) in [6.07, 6.45) is -4.51. The maximum atomic E-state index is 15.5. The Labute approximate surface area is 160 Å². The number of halogens is 2. The highest BCUT2D eigenvalue weighted by Crippen LogP contribution is 2.36. The van der Waals surface area contributed by atoms with E-state index >= 15 is 4.39 Å². The number of aromatic nitrogens is 4. The van der Waals surface area contributed by atoms with Crippen LogP contribution in [0.15, 0.2) is 6.33 Å². The molecule has 1 fully saturated rings. The fourth-order valence-electron chi connectivity index (χ4n) is 2.79. The standard InChI is InChI=1S/C14H15ClFN5O7/c15-13-19-10(17)8-11(20-13)21(4-18-8)14(16)3-28-6(9(14)24)2-27-5(12(25)26)1-7(22)23/h4-6,9,24H,1-3H2,(H,22,23)(H,25,26)(H2,17,19,20)/t5?,6-,9-,14+/m1/s1. The number of aliphatic carboxylic acids is 2. The van der Waals surface area contributed by atoms with Crippen LogP contribution < -0.4 is 5.73 Å². The van der Waals surface area contributed by atoms with Crippen molar-refractivity contribution in [1.82, 2.24) is 19.5 Å². The van der Waals surface area contributed by atoms with Crippen LogP contribution in [0.1, 0.15) is 6.42 Å². The highest BCUT2D eigenvalue weighted by molar-refractivity contribution is 6.28. The first-order chi connectivity index (χ1) is 13.1. The molecule has 0 saturated carbocycles. The van der Waals surface area contributed by atoms with Gasteiger partial charge in [-0.15, -0.1) is 0 Å². The molecule has 0 aliphatic carbocycles. The van der Waals surface area contributed by atoms with Crippen molar-refractivity contribution in [2.75, 3.05) is 18.9 Å². The second-order valence-corrected chi connectivity index (χ2v) is 6.37. The highest BCUT2D eigenvalue weighted by Gasteiger charge is 2.52. The molecule has 3 rings (SSSR count). The number of hydrogen-bond acceptors (Lipinski definition) is 9. The lowest BCUT2D eigenvalue weighted by Crippen LogP contribution is -2.44. The van der Waals surface area contributed by atoms with Gasteiger partial charge in [0, 0.05) is 0 Å². The van der Waals surface area contributed by atoms with Crippen molar-refractivity contribution in [3.05, 3.63) is 11.6 Å². The normalized spacial score (nSPS) is 25.8. The molecule has 0 amide bonds. The number of nitrogens with zero attached hydrogens (tertiary/aromatic N) is 4. The van der Waals surface area contributed by atoms with E-state index in [1.165, 1.54) is 0 Å². The van der Waals surface area contributed by atoms with Crippen LogP contribution in [-0.4, -0.2) is 78.3 Å². The lowest BCUT2D eigenvalue weighted by molar-refractivity contribution is -0.160. The number of ether oxygens (including phenoxy) is 2. The van der Waals surface area contributed by atoms with E-state index in [1.807, 2.05) is 0 Å². The molecule has 3 heterocycles. The van der Waals surface area contributed by atoms with Crippen molar-refractivity contribution in [3.63, 3.8) is 0 Å². The number of carbonyl (C=O) groups is 2. The van der Waals surface area contributed by atoms with E-state index in [9.17, 15) is 14.7 Å². The first kappa shape index (κ1) is 20.1. The molecule has 1 aliphatic heterocycles. The molecule has 2 aromatic rings. The zero-order chi connectivity index (χ0) is 20.6. The van der Waals surface area contributed by atoms with E-state index in [4.69, 9.17) is 37.0 Å². The summed E-state index contributed by atoms with van der Waals surface area (Å²) in [6.45, 7) is -1.19. The molecule has 28 heavy (non-hydrogen) atoms. The molecule has 0 radical (unpaired) electrons. The monoisotopic (exact) mass is 419 g/mol. The van der Waals surface area contributed by atoms with Gasteiger partial charge in [-0.2, -0.15) is 9.97 Å². The first-order valence-corrected chi connectivity index (χ1v) is 8.22. The maximum absolute atomic E-state index is 15.5. The van der Waals surface area contributed by atoms with Crippen molar-refractivity contribution < 1.29 is 38.8 Å². The Morgan fingerprint density at radius 2 is 2.21 bits per heavy atom. The number of carboxylic acid groups (broad SMARTS) is 2. The van der Waals surface area contributed by atoms with Gasteiger partial charge in [0.2, 0.25) is 11.1 Å². The molecule has 0 spiro atoms. The summed E-state index contributed by atoms with van der Waals surface area (Å²) in [7, 11) is 0. The van der Waals surface area contributed by atoms with E-state index in [0.29, 0.717) is 0 Å². The molecule has 0 aromatic carbocycles. The molecule has 1 unspecified atom stereocenters. The summed E-state index contributed by atoms with van der Waals surface area (Å²) < 4.78 is 26.6. The number of imidazole rings is 1. The molecule has 14 heteroatoms. The maximum Gasteiger partial charge on any atom is 0.333 e. The summed E-state index contributed by atoms with van der Waals surface area (Å²) in [5.74, 6) is -5.51. The minimum atomic E-state index is -2.53. The van der Waals surface area contributed by atoms with E-state index < -0.39 is 55.7 Å². The molecule has 1 saturated heterocycles. The summed E-state index contributed by atoms with van der Waals surface area (Å²) >= 11 is 5.74. The molecule has 1 aliphatic rings. The zero-order valence-corrected chi connectivity index (χ0v) is 14.8. The largest absolute Gasteiger partial charge is 0.481 e. The number of aliphatic hydroxyl groups is 1. The lowest BCUT2D eigenvalue weighted by Gasteiger charge is -2.25. The number of anilines is 1. The molecule has 4 atom stereocenters. The predicted molar refractivity (Wildman–Crippen MR) is 89.2 cm³/mol. The number of nitrogen functional groups attached to an aromatic ring is 1.